The summed E-state index contributed by atoms with van der Waals surface area (Å²) in [5.41, 5.74) is 3.33. The van der Waals surface area contributed by atoms with Crippen molar-refractivity contribution in [2.24, 2.45) is 5.92 Å². The van der Waals surface area contributed by atoms with Gasteiger partial charge in [-0.25, -0.2) is 14.7 Å². The maximum absolute atomic E-state index is 12.9. The van der Waals surface area contributed by atoms with Crippen LogP contribution in [-0.4, -0.2) is 33.9 Å². The summed E-state index contributed by atoms with van der Waals surface area (Å²) in [6, 6.07) is 13.2. The molecule has 0 aliphatic carbocycles. The van der Waals surface area contributed by atoms with Gasteiger partial charge >= 0.3 is 6.03 Å². The van der Waals surface area contributed by atoms with Crippen molar-refractivity contribution >= 4 is 34.6 Å². The molecule has 3 aromatic rings. The van der Waals surface area contributed by atoms with Crippen LogP contribution in [0, 0.1) is 5.92 Å². The minimum absolute atomic E-state index is 0.0688. The van der Waals surface area contributed by atoms with E-state index in [1.54, 1.807) is 12.1 Å². The molecule has 1 saturated heterocycles. The molecule has 1 aliphatic heterocycles. The fraction of sp³-hybridized carbons (Fsp3) is 0.360. The molecule has 1 fully saturated rings. The molecule has 4 rings (SSSR count). The highest BCUT2D eigenvalue weighted by Gasteiger charge is 2.40. The summed E-state index contributed by atoms with van der Waals surface area (Å²) in [4.78, 5) is 47.2. The SMILES string of the molecule is CC(C)c1ccc(N2C(=O)NC(CC(=O)NC(c3nc4ccccc4[nH]3)C(C)C)C2=O)cc1. The van der Waals surface area contributed by atoms with Crippen LogP contribution in [-0.2, 0) is 9.59 Å². The van der Waals surface area contributed by atoms with Crippen LogP contribution in [0.3, 0.4) is 0 Å². The van der Waals surface area contributed by atoms with E-state index in [1.165, 1.54) is 0 Å². The van der Waals surface area contributed by atoms with Gasteiger partial charge in [-0.2, -0.15) is 0 Å². The number of nitrogens with one attached hydrogen (secondary N) is 3. The predicted octanol–water partition coefficient (Wildman–Crippen LogP) is 4.01. The third-order valence-corrected chi connectivity index (χ3v) is 5.91. The third kappa shape index (κ3) is 4.60. The molecular weight excluding hydrogens is 418 g/mol. The number of urea groups is 1. The molecule has 172 valence electrons. The highest BCUT2D eigenvalue weighted by Crippen LogP contribution is 2.25. The summed E-state index contributed by atoms with van der Waals surface area (Å²) in [6.07, 6.45) is -0.144. The second-order valence-electron chi connectivity index (χ2n) is 9.05. The monoisotopic (exact) mass is 447 g/mol. The molecule has 0 saturated carbocycles. The van der Waals surface area contributed by atoms with E-state index in [0.717, 1.165) is 21.5 Å². The molecule has 0 spiro atoms. The number of carbonyl (C=O) groups is 3. The summed E-state index contributed by atoms with van der Waals surface area (Å²) >= 11 is 0. The highest BCUT2D eigenvalue weighted by molar-refractivity contribution is 6.22. The van der Waals surface area contributed by atoms with E-state index in [0.29, 0.717) is 17.4 Å². The lowest BCUT2D eigenvalue weighted by Crippen LogP contribution is -2.39. The normalized spacial score (nSPS) is 17.2. The third-order valence-electron chi connectivity index (χ3n) is 5.91. The molecule has 3 N–H and O–H groups in total. The van der Waals surface area contributed by atoms with Crippen molar-refractivity contribution in [2.75, 3.05) is 4.90 Å². The summed E-state index contributed by atoms with van der Waals surface area (Å²) in [7, 11) is 0. The van der Waals surface area contributed by atoms with Crippen LogP contribution < -0.4 is 15.5 Å². The number of hydrogen-bond donors (Lipinski definition) is 3. The number of benzene rings is 2. The fourth-order valence-corrected chi connectivity index (χ4v) is 4.01. The average molecular weight is 448 g/mol. The van der Waals surface area contributed by atoms with E-state index in [9.17, 15) is 14.4 Å². The number of H-pyrrole nitrogens is 1. The molecule has 1 aromatic heterocycles. The van der Waals surface area contributed by atoms with E-state index < -0.39 is 18.0 Å². The molecule has 8 nitrogen and oxygen atoms in total. The molecule has 33 heavy (non-hydrogen) atoms. The van der Waals surface area contributed by atoms with Gasteiger partial charge in [-0.3, -0.25) is 9.59 Å². The Bertz CT molecular complexity index is 1150. The van der Waals surface area contributed by atoms with E-state index in [-0.39, 0.29) is 24.3 Å². The molecular formula is C25H29N5O3. The zero-order chi connectivity index (χ0) is 23.7. The lowest BCUT2D eigenvalue weighted by molar-refractivity contribution is -0.126. The molecule has 0 bridgehead atoms. The number of imidazole rings is 1. The lowest BCUT2D eigenvalue weighted by Gasteiger charge is -2.21. The highest BCUT2D eigenvalue weighted by atomic mass is 16.2. The number of aromatic amines is 1. The standard InChI is InChI=1S/C25H29N5O3/c1-14(2)16-9-11-17(12-10-16)30-24(32)20(28-25(30)33)13-21(31)29-22(15(3)4)23-26-18-7-5-6-8-19(18)27-23/h5-12,14-15,20,22H,13H2,1-4H3,(H,26,27)(H,28,33)(H,29,31). The number of nitrogens with zero attached hydrogens (tertiary/aromatic N) is 2. The number of anilines is 1. The van der Waals surface area contributed by atoms with Crippen molar-refractivity contribution in [3.63, 3.8) is 0 Å². The van der Waals surface area contributed by atoms with Gasteiger partial charge in [-0.05, 0) is 41.7 Å². The van der Waals surface area contributed by atoms with Gasteiger partial charge < -0.3 is 15.6 Å². The number of para-hydroxylation sites is 2. The molecule has 2 aromatic carbocycles. The molecule has 2 atom stereocenters. The summed E-state index contributed by atoms with van der Waals surface area (Å²) in [5, 5.41) is 5.61. The number of carbonyl (C=O) groups excluding carboxylic acids is 3. The smallest absolute Gasteiger partial charge is 0.329 e. The van der Waals surface area contributed by atoms with Crippen molar-refractivity contribution in [3.8, 4) is 0 Å². The zero-order valence-corrected chi connectivity index (χ0v) is 19.3. The Morgan fingerprint density at radius 3 is 2.39 bits per heavy atom. The quantitative estimate of drug-likeness (QED) is 0.476. The maximum atomic E-state index is 12.9. The Hall–Kier alpha value is -3.68. The molecule has 1 aliphatic rings. The summed E-state index contributed by atoms with van der Waals surface area (Å²) in [5.74, 6) is 0.314. The van der Waals surface area contributed by atoms with Gasteiger partial charge in [0.25, 0.3) is 5.91 Å². The topological polar surface area (TPSA) is 107 Å². The van der Waals surface area contributed by atoms with Crippen LogP contribution in [0.25, 0.3) is 11.0 Å². The Balaban J connectivity index is 1.45. The number of imide groups is 1. The van der Waals surface area contributed by atoms with Crippen molar-refractivity contribution in [1.29, 1.82) is 0 Å². The number of fused-ring (bicyclic) bond motifs is 1. The van der Waals surface area contributed by atoms with Crippen LogP contribution in [0.15, 0.2) is 48.5 Å². The number of rotatable bonds is 7. The maximum Gasteiger partial charge on any atom is 0.329 e. The van der Waals surface area contributed by atoms with Crippen LogP contribution in [0.5, 0.6) is 0 Å². The minimum atomic E-state index is -0.911. The number of aromatic nitrogens is 2. The fourth-order valence-electron chi connectivity index (χ4n) is 4.01. The van der Waals surface area contributed by atoms with Gasteiger partial charge in [0, 0.05) is 0 Å². The largest absolute Gasteiger partial charge is 0.346 e. The Kier molecular flexibility index (Phi) is 6.18. The predicted molar refractivity (Wildman–Crippen MR) is 127 cm³/mol. The van der Waals surface area contributed by atoms with Crippen LogP contribution in [0.2, 0.25) is 0 Å². The first kappa shape index (κ1) is 22.5. The summed E-state index contributed by atoms with van der Waals surface area (Å²) < 4.78 is 0. The minimum Gasteiger partial charge on any atom is -0.346 e. The van der Waals surface area contributed by atoms with Crippen molar-refractivity contribution in [3.05, 3.63) is 59.9 Å². The van der Waals surface area contributed by atoms with Crippen molar-refractivity contribution in [2.45, 2.75) is 52.1 Å². The van der Waals surface area contributed by atoms with Crippen molar-refractivity contribution in [1.82, 2.24) is 20.6 Å². The van der Waals surface area contributed by atoms with Gasteiger partial charge in [-0.15, -0.1) is 0 Å². The second kappa shape index (κ2) is 9.05. The number of hydrogen-bond acceptors (Lipinski definition) is 4. The van der Waals surface area contributed by atoms with Crippen LogP contribution in [0.1, 0.15) is 57.5 Å². The first-order chi connectivity index (χ1) is 15.7. The van der Waals surface area contributed by atoms with Gasteiger partial charge in [0.05, 0.1) is 29.2 Å². The average Bonchev–Trinajstić information content (AvgIpc) is 3.32. The molecule has 4 amide bonds. The van der Waals surface area contributed by atoms with Crippen LogP contribution >= 0.6 is 0 Å². The Labute approximate surface area is 192 Å². The van der Waals surface area contributed by atoms with E-state index in [2.05, 4.69) is 34.4 Å². The van der Waals surface area contributed by atoms with E-state index >= 15 is 0 Å². The van der Waals surface area contributed by atoms with Crippen molar-refractivity contribution < 1.29 is 14.4 Å². The first-order valence-electron chi connectivity index (χ1n) is 11.2. The van der Waals surface area contributed by atoms with E-state index in [4.69, 9.17) is 0 Å². The number of amides is 4. The van der Waals surface area contributed by atoms with Gasteiger partial charge in [0.15, 0.2) is 0 Å². The zero-order valence-electron chi connectivity index (χ0n) is 19.3. The van der Waals surface area contributed by atoms with Gasteiger partial charge in [0.1, 0.15) is 11.9 Å². The summed E-state index contributed by atoms with van der Waals surface area (Å²) in [6.45, 7) is 8.13. The molecule has 8 heteroatoms. The van der Waals surface area contributed by atoms with Gasteiger partial charge in [0.2, 0.25) is 5.91 Å². The van der Waals surface area contributed by atoms with Crippen LogP contribution in [0.4, 0.5) is 10.5 Å². The van der Waals surface area contributed by atoms with E-state index in [1.807, 2.05) is 50.2 Å². The second-order valence-corrected chi connectivity index (χ2v) is 9.05. The van der Waals surface area contributed by atoms with Gasteiger partial charge in [-0.1, -0.05) is 52.0 Å². The molecule has 0 radical (unpaired) electrons. The first-order valence-corrected chi connectivity index (χ1v) is 11.2. The lowest BCUT2D eigenvalue weighted by atomic mass is 10.0. The molecule has 2 heterocycles. The molecule has 2 unspecified atom stereocenters. The Morgan fingerprint density at radius 1 is 1.06 bits per heavy atom. The Morgan fingerprint density at radius 2 is 1.76 bits per heavy atom.